The molecule has 0 radical (unpaired) electrons. The second-order valence-corrected chi connectivity index (χ2v) is 12.7. The maximum Gasteiger partial charge on any atom is 0.165 e. The molecule has 4 atom stereocenters. The number of Topliss-reactive ketones (excluding diaryl/α,β-unsaturated/α-hetero) is 2. The first-order valence-corrected chi connectivity index (χ1v) is 12.4. The van der Waals surface area contributed by atoms with Crippen LogP contribution in [0.25, 0.3) is 12.2 Å². The minimum atomic E-state index is -0.220. The molecule has 1 aromatic rings. The summed E-state index contributed by atoms with van der Waals surface area (Å²) in [5.41, 5.74) is 6.32. The summed E-state index contributed by atoms with van der Waals surface area (Å²) in [7, 11) is 0. The Labute approximate surface area is 193 Å². The number of fused-ring (bicyclic) bond motifs is 4. The number of hydrogen-bond acceptors (Lipinski definition) is 2. The molecule has 0 spiro atoms. The van der Waals surface area contributed by atoms with E-state index in [-0.39, 0.29) is 21.7 Å². The lowest BCUT2D eigenvalue weighted by atomic mass is 9.70. The molecule has 4 aliphatic carbocycles. The third-order valence-electron chi connectivity index (χ3n) is 11.0. The van der Waals surface area contributed by atoms with E-state index in [9.17, 15) is 9.59 Å². The summed E-state index contributed by atoms with van der Waals surface area (Å²) in [6.07, 6.45) is 8.59. The maximum atomic E-state index is 13.3. The number of aryl methyl sites for hydroxylation is 2. The molecule has 170 valence electrons. The number of carbonyl (C=O) groups is 2. The fraction of sp³-hybridized carbons (Fsp3) is 0.600. The fourth-order valence-corrected chi connectivity index (χ4v) is 7.69. The average molecular weight is 431 g/mol. The average Bonchev–Trinajstić information content (AvgIpc) is 3.19. The van der Waals surface area contributed by atoms with E-state index in [4.69, 9.17) is 0 Å². The number of rotatable bonds is 2. The molecule has 2 heteroatoms. The van der Waals surface area contributed by atoms with Crippen molar-refractivity contribution in [2.24, 2.45) is 33.5 Å². The van der Waals surface area contributed by atoms with Crippen LogP contribution in [0, 0.1) is 47.3 Å². The molecule has 0 amide bonds. The molecule has 0 aliphatic heterocycles. The van der Waals surface area contributed by atoms with E-state index in [1.165, 1.54) is 11.1 Å². The highest BCUT2D eigenvalue weighted by molar-refractivity contribution is 6.09. The van der Waals surface area contributed by atoms with E-state index >= 15 is 0 Å². The molecule has 0 N–H and O–H groups in total. The molecule has 4 saturated carbocycles. The second kappa shape index (κ2) is 6.33. The van der Waals surface area contributed by atoms with Gasteiger partial charge in [-0.25, -0.2) is 0 Å². The summed E-state index contributed by atoms with van der Waals surface area (Å²) in [5.74, 6) is 1.42. The topological polar surface area (TPSA) is 34.1 Å². The van der Waals surface area contributed by atoms with Gasteiger partial charge in [-0.05, 0) is 108 Å². The first-order valence-electron chi connectivity index (χ1n) is 12.4. The van der Waals surface area contributed by atoms with Crippen molar-refractivity contribution in [3.8, 4) is 0 Å². The Morgan fingerprint density at radius 3 is 1.31 bits per heavy atom. The Morgan fingerprint density at radius 2 is 1.03 bits per heavy atom. The number of hydrogen-bond donors (Lipinski definition) is 0. The molecule has 5 rings (SSSR count). The summed E-state index contributed by atoms with van der Waals surface area (Å²) < 4.78 is 0. The van der Waals surface area contributed by atoms with Gasteiger partial charge in [0.05, 0.1) is 0 Å². The first kappa shape index (κ1) is 21.9. The van der Waals surface area contributed by atoms with Gasteiger partial charge in [0.1, 0.15) is 0 Å². The number of ketones is 2. The van der Waals surface area contributed by atoms with Gasteiger partial charge in [-0.3, -0.25) is 9.59 Å². The standard InChI is InChI=1S/C30H38O2/c1-17-13-20(16-22-24-10-12-30(8,26(22)32)28(24,5)6)18(2)14-19(17)15-21-23-9-11-29(7,25(21)31)27(23,3)4/h13-16,23-24H,9-12H2,1-8H3/b21-15+,22-16+. The molecule has 1 aromatic carbocycles. The van der Waals surface area contributed by atoms with Crippen molar-refractivity contribution in [2.45, 2.75) is 81.1 Å². The van der Waals surface area contributed by atoms with E-state index < -0.39 is 0 Å². The van der Waals surface area contributed by atoms with Gasteiger partial charge in [0.15, 0.2) is 11.6 Å². The maximum absolute atomic E-state index is 13.3. The first-order chi connectivity index (χ1) is 14.8. The highest BCUT2D eigenvalue weighted by Crippen LogP contribution is 2.67. The van der Waals surface area contributed by atoms with Crippen LogP contribution >= 0.6 is 0 Å². The van der Waals surface area contributed by atoms with Gasteiger partial charge < -0.3 is 0 Å². The summed E-state index contributed by atoms with van der Waals surface area (Å²) in [6, 6.07) is 4.43. The van der Waals surface area contributed by atoms with Crippen LogP contribution in [0.3, 0.4) is 0 Å². The normalized spacial score (nSPS) is 39.1. The van der Waals surface area contributed by atoms with Crippen molar-refractivity contribution in [1.82, 2.24) is 0 Å². The molecule has 0 aromatic heterocycles. The lowest BCUT2D eigenvalue weighted by Crippen LogP contribution is -2.32. The Hall–Kier alpha value is -1.96. The molecule has 4 fully saturated rings. The van der Waals surface area contributed by atoms with Gasteiger partial charge in [0, 0.05) is 10.8 Å². The van der Waals surface area contributed by atoms with Gasteiger partial charge >= 0.3 is 0 Å². The van der Waals surface area contributed by atoms with Crippen LogP contribution in [0.5, 0.6) is 0 Å². The number of carbonyl (C=O) groups excluding carboxylic acids is 2. The molecular formula is C30H38O2. The zero-order valence-corrected chi connectivity index (χ0v) is 21.1. The van der Waals surface area contributed by atoms with Crippen LogP contribution in [0.2, 0.25) is 0 Å². The minimum Gasteiger partial charge on any atom is -0.294 e. The zero-order chi connectivity index (χ0) is 23.4. The fourth-order valence-electron chi connectivity index (χ4n) is 7.69. The molecule has 4 bridgehead atoms. The largest absolute Gasteiger partial charge is 0.294 e. The summed E-state index contributed by atoms with van der Waals surface area (Å²) >= 11 is 0. The Balaban J connectivity index is 1.53. The highest BCUT2D eigenvalue weighted by atomic mass is 16.1. The van der Waals surface area contributed by atoms with Gasteiger partial charge in [-0.1, -0.05) is 53.7 Å². The SMILES string of the molecule is Cc1cc(/C=C2/C(=O)C3(C)CCC2C3(C)C)c(C)cc1/C=C1/C(=O)C2(C)CCC1C2(C)C. The van der Waals surface area contributed by atoms with Gasteiger partial charge in [0.2, 0.25) is 0 Å². The van der Waals surface area contributed by atoms with Crippen molar-refractivity contribution in [2.75, 3.05) is 0 Å². The van der Waals surface area contributed by atoms with Crippen molar-refractivity contribution in [3.63, 3.8) is 0 Å². The third-order valence-corrected chi connectivity index (χ3v) is 11.0. The van der Waals surface area contributed by atoms with E-state index in [1.54, 1.807) is 0 Å². The Kier molecular flexibility index (Phi) is 4.33. The molecule has 2 nitrogen and oxygen atoms in total. The lowest BCUT2D eigenvalue weighted by molar-refractivity contribution is -0.126. The molecule has 32 heavy (non-hydrogen) atoms. The predicted octanol–water partition coefficient (Wildman–Crippen LogP) is 7.12. The van der Waals surface area contributed by atoms with Crippen LogP contribution in [0.4, 0.5) is 0 Å². The minimum absolute atomic E-state index is 0.0360. The van der Waals surface area contributed by atoms with E-state index in [1.807, 2.05) is 0 Å². The van der Waals surface area contributed by atoms with Crippen LogP contribution < -0.4 is 0 Å². The molecule has 4 unspecified atom stereocenters. The van der Waals surface area contributed by atoms with Gasteiger partial charge in [-0.15, -0.1) is 0 Å². The van der Waals surface area contributed by atoms with Crippen LogP contribution in [-0.2, 0) is 9.59 Å². The van der Waals surface area contributed by atoms with E-state index in [2.05, 4.69) is 79.7 Å². The summed E-state index contributed by atoms with van der Waals surface area (Å²) in [6.45, 7) is 17.7. The van der Waals surface area contributed by atoms with E-state index in [0.717, 1.165) is 48.0 Å². The van der Waals surface area contributed by atoms with Gasteiger partial charge in [0.25, 0.3) is 0 Å². The molecule has 0 heterocycles. The molecule has 4 aliphatic rings. The number of allylic oxidation sites excluding steroid dienone is 2. The monoisotopic (exact) mass is 430 g/mol. The van der Waals surface area contributed by atoms with Gasteiger partial charge in [-0.2, -0.15) is 0 Å². The molecular weight excluding hydrogens is 392 g/mol. The lowest BCUT2D eigenvalue weighted by Gasteiger charge is -2.31. The Bertz CT molecular complexity index is 1040. The quantitative estimate of drug-likeness (QED) is 0.468. The Morgan fingerprint density at radius 1 is 0.688 bits per heavy atom. The second-order valence-electron chi connectivity index (χ2n) is 12.7. The summed E-state index contributed by atoms with van der Waals surface area (Å²) in [4.78, 5) is 26.6. The zero-order valence-electron chi connectivity index (χ0n) is 21.1. The van der Waals surface area contributed by atoms with Crippen molar-refractivity contribution in [3.05, 3.63) is 45.5 Å². The smallest absolute Gasteiger partial charge is 0.165 e. The van der Waals surface area contributed by atoms with Crippen LogP contribution in [-0.4, -0.2) is 11.6 Å². The summed E-state index contributed by atoms with van der Waals surface area (Å²) in [5, 5.41) is 0. The molecule has 0 saturated heterocycles. The third kappa shape index (κ3) is 2.42. The number of benzene rings is 1. The van der Waals surface area contributed by atoms with Crippen molar-refractivity contribution >= 4 is 23.7 Å². The van der Waals surface area contributed by atoms with Crippen LogP contribution in [0.15, 0.2) is 23.3 Å². The van der Waals surface area contributed by atoms with Crippen molar-refractivity contribution in [1.29, 1.82) is 0 Å². The highest BCUT2D eigenvalue weighted by Gasteiger charge is 2.64. The predicted molar refractivity (Wildman–Crippen MR) is 131 cm³/mol. The van der Waals surface area contributed by atoms with Crippen LogP contribution in [0.1, 0.15) is 89.5 Å². The van der Waals surface area contributed by atoms with E-state index in [0.29, 0.717) is 23.4 Å². The van der Waals surface area contributed by atoms with Crippen molar-refractivity contribution < 1.29 is 9.59 Å².